The van der Waals surface area contributed by atoms with Gasteiger partial charge in [-0.25, -0.2) is 9.13 Å². The van der Waals surface area contributed by atoms with Crippen LogP contribution in [0.3, 0.4) is 0 Å². The lowest BCUT2D eigenvalue weighted by Crippen LogP contribution is -2.30. The average Bonchev–Trinajstić information content (AvgIpc) is 3.42. The van der Waals surface area contributed by atoms with Gasteiger partial charge < -0.3 is 33.8 Å². The number of carbonyl (C=O) groups is 4. The number of ether oxygens (including phenoxy) is 4. The molecule has 0 aliphatic heterocycles. The maximum Gasteiger partial charge on any atom is 0.472 e. The molecule has 0 aromatic heterocycles. The number of carbonyl (C=O) groups excluding carboxylic acids is 4. The average molecular weight is 1190 g/mol. The SMILES string of the molecule is CCCCCCCCCCCCCCCCCCCC(=O)O[C@H](COC(=O)CCCCCCCCC(C)C)COP(=O)(O)OC[C@@H](O)COP(=O)(O)OC[C@@H](COC(=O)CCCCCCCCC)OC(=O)CCCCCCCCC. The highest BCUT2D eigenvalue weighted by molar-refractivity contribution is 7.47. The molecule has 17 nitrogen and oxygen atoms in total. The van der Waals surface area contributed by atoms with E-state index in [1.165, 1.54) is 96.3 Å². The molecule has 80 heavy (non-hydrogen) atoms. The predicted octanol–water partition coefficient (Wildman–Crippen LogP) is 16.6. The molecular formula is C61H118O17P2. The number of aliphatic hydroxyl groups excluding tert-OH is 1. The van der Waals surface area contributed by atoms with E-state index in [-0.39, 0.29) is 25.7 Å². The van der Waals surface area contributed by atoms with Crippen LogP contribution in [0.25, 0.3) is 0 Å². The molecule has 2 unspecified atom stereocenters. The smallest absolute Gasteiger partial charge is 0.462 e. The van der Waals surface area contributed by atoms with Crippen molar-refractivity contribution in [1.82, 2.24) is 0 Å². The van der Waals surface area contributed by atoms with Gasteiger partial charge in [0.1, 0.15) is 19.3 Å². The van der Waals surface area contributed by atoms with Gasteiger partial charge in [-0.1, -0.05) is 253 Å². The predicted molar refractivity (Wildman–Crippen MR) is 317 cm³/mol. The van der Waals surface area contributed by atoms with Gasteiger partial charge >= 0.3 is 39.5 Å². The molecule has 0 aliphatic rings. The minimum atomic E-state index is -4.94. The number of esters is 4. The van der Waals surface area contributed by atoms with E-state index in [1.54, 1.807) is 0 Å². The first-order valence-electron chi connectivity index (χ1n) is 32.1. The van der Waals surface area contributed by atoms with E-state index >= 15 is 0 Å². The Hall–Kier alpha value is -1.94. The zero-order chi connectivity index (χ0) is 59.2. The first-order valence-corrected chi connectivity index (χ1v) is 35.1. The summed E-state index contributed by atoms with van der Waals surface area (Å²) in [5.74, 6) is -1.47. The van der Waals surface area contributed by atoms with Gasteiger partial charge in [0.15, 0.2) is 12.2 Å². The molecule has 0 bridgehead atoms. The lowest BCUT2D eigenvalue weighted by Gasteiger charge is -2.21. The zero-order valence-electron chi connectivity index (χ0n) is 51.2. The number of hydrogen-bond donors (Lipinski definition) is 3. The van der Waals surface area contributed by atoms with Crippen molar-refractivity contribution in [2.45, 2.75) is 323 Å². The van der Waals surface area contributed by atoms with Crippen LogP contribution in [0.15, 0.2) is 0 Å². The van der Waals surface area contributed by atoms with E-state index < -0.39 is 97.5 Å². The quantitative estimate of drug-likeness (QED) is 0.0222. The highest BCUT2D eigenvalue weighted by Gasteiger charge is 2.30. The van der Waals surface area contributed by atoms with Crippen molar-refractivity contribution in [2.24, 2.45) is 5.92 Å². The van der Waals surface area contributed by atoms with Crippen LogP contribution in [0.5, 0.6) is 0 Å². The fourth-order valence-corrected chi connectivity index (χ4v) is 10.6. The highest BCUT2D eigenvalue weighted by atomic mass is 31.2. The molecule has 0 saturated carbocycles. The Balaban J connectivity index is 5.13. The summed E-state index contributed by atoms with van der Waals surface area (Å²) in [6, 6.07) is 0. The molecule has 0 aromatic rings. The fourth-order valence-electron chi connectivity index (χ4n) is 9.05. The number of rotatable bonds is 61. The summed E-state index contributed by atoms with van der Waals surface area (Å²) in [6.45, 7) is 7.01. The largest absolute Gasteiger partial charge is 0.472 e. The van der Waals surface area contributed by atoms with E-state index in [9.17, 15) is 43.2 Å². The lowest BCUT2D eigenvalue weighted by molar-refractivity contribution is -0.161. The molecule has 0 spiro atoms. The second-order valence-electron chi connectivity index (χ2n) is 22.6. The molecule has 0 fully saturated rings. The topological polar surface area (TPSA) is 237 Å². The van der Waals surface area contributed by atoms with Gasteiger partial charge in [-0.15, -0.1) is 0 Å². The molecule has 0 amide bonds. The van der Waals surface area contributed by atoms with Gasteiger partial charge in [0.25, 0.3) is 0 Å². The minimum Gasteiger partial charge on any atom is -0.462 e. The number of phosphoric ester groups is 2. The third kappa shape index (κ3) is 55.3. The minimum absolute atomic E-state index is 0.103. The Kier molecular flexibility index (Phi) is 53.6. The number of hydrogen-bond acceptors (Lipinski definition) is 15. The van der Waals surface area contributed by atoms with E-state index in [0.29, 0.717) is 31.6 Å². The second kappa shape index (κ2) is 55.0. The van der Waals surface area contributed by atoms with Crippen LogP contribution in [0, 0.1) is 5.92 Å². The lowest BCUT2D eigenvalue weighted by atomic mass is 10.0. The number of phosphoric acid groups is 2. The molecule has 5 atom stereocenters. The molecule has 0 radical (unpaired) electrons. The van der Waals surface area contributed by atoms with Crippen LogP contribution in [-0.2, 0) is 65.4 Å². The van der Waals surface area contributed by atoms with Crippen LogP contribution in [-0.4, -0.2) is 96.7 Å². The summed E-state index contributed by atoms with van der Waals surface area (Å²) < 4.78 is 67.6. The first-order chi connectivity index (χ1) is 38.5. The first kappa shape index (κ1) is 78.1. The summed E-state index contributed by atoms with van der Waals surface area (Å²) in [7, 11) is -9.87. The standard InChI is InChI=1S/C61H118O17P2/c1-6-9-12-15-18-19-20-21-22-23-24-25-26-27-30-37-42-47-61(66)78-57(51-72-59(64)45-40-35-32-31-33-38-43-54(4)5)53-76-80(69,70)74-49-55(62)48-73-79(67,68)75-52-56(77-60(65)46-41-36-29-17-14-11-8-3)50-71-58(63)44-39-34-28-16-13-10-7-2/h54-57,62H,6-53H2,1-5H3,(H,67,68)(H,69,70)/t55-,56+,57+/m0/s1. The Labute approximate surface area is 486 Å². The Morgan fingerprint density at radius 2 is 0.575 bits per heavy atom. The molecule has 0 rings (SSSR count). The van der Waals surface area contributed by atoms with Crippen molar-refractivity contribution < 1.29 is 80.2 Å². The molecule has 0 saturated heterocycles. The molecule has 0 heterocycles. The van der Waals surface area contributed by atoms with Gasteiger partial charge in [0, 0.05) is 25.7 Å². The molecule has 0 aliphatic carbocycles. The number of unbranched alkanes of at least 4 members (excludes halogenated alkanes) is 33. The zero-order valence-corrected chi connectivity index (χ0v) is 53.0. The van der Waals surface area contributed by atoms with E-state index in [0.717, 1.165) is 122 Å². The third-order valence-corrected chi connectivity index (χ3v) is 15.9. The van der Waals surface area contributed by atoms with Crippen molar-refractivity contribution in [3.05, 3.63) is 0 Å². The third-order valence-electron chi connectivity index (χ3n) is 14.0. The monoisotopic (exact) mass is 1180 g/mol. The van der Waals surface area contributed by atoms with Crippen LogP contribution < -0.4 is 0 Å². The van der Waals surface area contributed by atoms with Gasteiger partial charge in [-0.05, 0) is 31.6 Å². The van der Waals surface area contributed by atoms with Crippen molar-refractivity contribution in [3.63, 3.8) is 0 Å². The van der Waals surface area contributed by atoms with Gasteiger partial charge in [0.05, 0.1) is 26.4 Å². The van der Waals surface area contributed by atoms with E-state index in [1.807, 2.05) is 0 Å². The Bertz CT molecular complexity index is 1570. The number of aliphatic hydroxyl groups is 1. The summed E-state index contributed by atoms with van der Waals surface area (Å²) in [5.41, 5.74) is 0. The molecular weight excluding hydrogens is 1070 g/mol. The summed E-state index contributed by atoms with van der Waals surface area (Å²) in [6.07, 6.45) is 38.0. The van der Waals surface area contributed by atoms with Gasteiger partial charge in [-0.3, -0.25) is 37.3 Å². The van der Waals surface area contributed by atoms with Crippen molar-refractivity contribution in [1.29, 1.82) is 0 Å². The van der Waals surface area contributed by atoms with E-state index in [2.05, 4.69) is 34.6 Å². The maximum atomic E-state index is 12.9. The van der Waals surface area contributed by atoms with Crippen LogP contribution in [0.2, 0.25) is 0 Å². The normalized spacial score (nSPS) is 14.3. The van der Waals surface area contributed by atoms with E-state index in [4.69, 9.17) is 37.0 Å². The van der Waals surface area contributed by atoms with Crippen molar-refractivity contribution >= 4 is 39.5 Å². The molecule has 0 aromatic carbocycles. The Morgan fingerprint density at radius 3 is 0.850 bits per heavy atom. The van der Waals surface area contributed by atoms with Crippen LogP contribution >= 0.6 is 15.6 Å². The van der Waals surface area contributed by atoms with Gasteiger partial charge in [0.2, 0.25) is 0 Å². The second-order valence-corrected chi connectivity index (χ2v) is 25.5. The molecule has 19 heteroatoms. The molecule has 474 valence electrons. The van der Waals surface area contributed by atoms with Crippen molar-refractivity contribution in [2.75, 3.05) is 39.6 Å². The summed E-state index contributed by atoms with van der Waals surface area (Å²) >= 11 is 0. The van der Waals surface area contributed by atoms with Crippen LogP contribution in [0.4, 0.5) is 0 Å². The van der Waals surface area contributed by atoms with Crippen LogP contribution in [0.1, 0.15) is 304 Å². The van der Waals surface area contributed by atoms with Crippen molar-refractivity contribution in [3.8, 4) is 0 Å². The van der Waals surface area contributed by atoms with Gasteiger partial charge in [-0.2, -0.15) is 0 Å². The summed E-state index contributed by atoms with van der Waals surface area (Å²) in [5, 5.41) is 10.5. The fraction of sp³-hybridized carbons (Fsp3) is 0.934. The Morgan fingerprint density at radius 1 is 0.338 bits per heavy atom. The maximum absolute atomic E-state index is 12.9. The molecule has 3 N–H and O–H groups in total. The highest BCUT2D eigenvalue weighted by Crippen LogP contribution is 2.45. The summed E-state index contributed by atoms with van der Waals surface area (Å²) in [4.78, 5) is 71.8.